The van der Waals surface area contributed by atoms with Gasteiger partial charge in [0.2, 0.25) is 0 Å². The lowest BCUT2D eigenvalue weighted by molar-refractivity contribution is 0.0683. The van der Waals surface area contributed by atoms with E-state index in [0.29, 0.717) is 16.0 Å². The third-order valence-corrected chi connectivity index (χ3v) is 3.54. The molecule has 7 heteroatoms. The van der Waals surface area contributed by atoms with Crippen molar-refractivity contribution in [2.75, 3.05) is 0 Å². The van der Waals surface area contributed by atoms with Crippen molar-refractivity contribution in [2.24, 2.45) is 0 Å². The second-order valence-electron chi connectivity index (χ2n) is 5.78. The van der Waals surface area contributed by atoms with E-state index in [1.165, 1.54) is 10.7 Å². The summed E-state index contributed by atoms with van der Waals surface area (Å²) in [6.07, 6.45) is 0. The number of benzene rings is 1. The van der Waals surface area contributed by atoms with Crippen molar-refractivity contribution in [1.82, 2.24) is 14.8 Å². The summed E-state index contributed by atoms with van der Waals surface area (Å²) >= 11 is 3.12. The SMILES string of the molecule is Cc1cc(Br)c(F)cc1-n1nc(C(=O)O)nc1C(C)(C)C. The standard InChI is InChI=1S/C14H15BrFN3O2/c1-7-5-8(15)9(16)6-10(7)19-13(14(2,3)4)17-11(18-19)12(20)21/h5-6H,1-4H3,(H,20,21). The molecule has 0 fully saturated rings. The van der Waals surface area contributed by atoms with Crippen LogP contribution >= 0.6 is 15.9 Å². The van der Waals surface area contributed by atoms with Crippen LogP contribution in [0.5, 0.6) is 0 Å². The Morgan fingerprint density at radius 2 is 2.00 bits per heavy atom. The van der Waals surface area contributed by atoms with Gasteiger partial charge in [0.25, 0.3) is 5.82 Å². The molecule has 1 heterocycles. The van der Waals surface area contributed by atoms with E-state index in [0.717, 1.165) is 5.56 Å². The summed E-state index contributed by atoms with van der Waals surface area (Å²) in [5, 5.41) is 13.1. The molecule has 0 saturated carbocycles. The molecule has 1 aromatic carbocycles. The van der Waals surface area contributed by atoms with Crippen molar-refractivity contribution >= 4 is 21.9 Å². The summed E-state index contributed by atoms with van der Waals surface area (Å²) in [4.78, 5) is 15.2. The fourth-order valence-electron chi connectivity index (χ4n) is 1.92. The molecule has 2 rings (SSSR count). The van der Waals surface area contributed by atoms with Crippen molar-refractivity contribution in [3.8, 4) is 5.69 Å². The Balaban J connectivity index is 2.74. The quantitative estimate of drug-likeness (QED) is 0.895. The minimum atomic E-state index is -1.21. The molecule has 0 aliphatic rings. The van der Waals surface area contributed by atoms with Crippen molar-refractivity contribution < 1.29 is 14.3 Å². The molecule has 112 valence electrons. The fourth-order valence-corrected chi connectivity index (χ4v) is 2.38. The van der Waals surface area contributed by atoms with Gasteiger partial charge in [-0.2, -0.15) is 0 Å². The molecule has 0 aliphatic heterocycles. The first kappa shape index (κ1) is 15.6. The number of aryl methyl sites for hydroxylation is 1. The Labute approximate surface area is 129 Å². The van der Waals surface area contributed by atoms with Crippen LogP contribution in [-0.2, 0) is 5.41 Å². The number of rotatable bonds is 2. The maximum atomic E-state index is 13.8. The topological polar surface area (TPSA) is 68.0 Å². The van der Waals surface area contributed by atoms with E-state index in [9.17, 15) is 9.18 Å². The average Bonchev–Trinajstić information content (AvgIpc) is 2.78. The van der Waals surface area contributed by atoms with Gasteiger partial charge in [-0.3, -0.25) is 0 Å². The molecule has 21 heavy (non-hydrogen) atoms. The Kier molecular flexibility index (Phi) is 3.88. The van der Waals surface area contributed by atoms with Gasteiger partial charge in [-0.1, -0.05) is 20.8 Å². The number of aromatic carboxylic acids is 1. The first-order valence-corrected chi connectivity index (χ1v) is 7.07. The summed E-state index contributed by atoms with van der Waals surface area (Å²) in [5.41, 5.74) is 0.799. The van der Waals surface area contributed by atoms with Gasteiger partial charge < -0.3 is 5.11 Å². The van der Waals surface area contributed by atoms with Crippen molar-refractivity contribution in [2.45, 2.75) is 33.1 Å². The van der Waals surface area contributed by atoms with Crippen molar-refractivity contribution in [1.29, 1.82) is 0 Å². The molecule has 0 saturated heterocycles. The highest BCUT2D eigenvalue weighted by Crippen LogP contribution is 2.27. The molecule has 5 nitrogen and oxygen atoms in total. The van der Waals surface area contributed by atoms with Gasteiger partial charge in [-0.25, -0.2) is 18.9 Å². The number of nitrogens with zero attached hydrogens (tertiary/aromatic N) is 3. The fraction of sp³-hybridized carbons (Fsp3) is 0.357. The number of halogens is 2. The Morgan fingerprint density at radius 3 is 2.52 bits per heavy atom. The summed E-state index contributed by atoms with van der Waals surface area (Å²) in [7, 11) is 0. The molecule has 0 atom stereocenters. The molecule has 1 aromatic heterocycles. The highest BCUT2D eigenvalue weighted by Gasteiger charge is 2.27. The van der Waals surface area contributed by atoms with Crippen molar-refractivity contribution in [3.63, 3.8) is 0 Å². The van der Waals surface area contributed by atoms with Gasteiger partial charge >= 0.3 is 5.97 Å². The minimum absolute atomic E-state index is 0.303. The summed E-state index contributed by atoms with van der Waals surface area (Å²) < 4.78 is 15.6. The predicted molar refractivity (Wildman–Crippen MR) is 79.4 cm³/mol. The third kappa shape index (κ3) is 2.97. The van der Waals surface area contributed by atoms with Crippen LogP contribution in [0.2, 0.25) is 0 Å². The Morgan fingerprint density at radius 1 is 1.38 bits per heavy atom. The maximum absolute atomic E-state index is 13.8. The maximum Gasteiger partial charge on any atom is 0.375 e. The van der Waals surface area contributed by atoms with E-state index in [4.69, 9.17) is 5.11 Å². The lowest BCUT2D eigenvalue weighted by Gasteiger charge is -2.19. The van der Waals surface area contributed by atoms with Gasteiger partial charge in [-0.15, -0.1) is 5.10 Å². The largest absolute Gasteiger partial charge is 0.475 e. The van der Waals surface area contributed by atoms with Crippen LogP contribution in [0.25, 0.3) is 5.69 Å². The number of hydrogen-bond donors (Lipinski definition) is 1. The van der Waals surface area contributed by atoms with Gasteiger partial charge in [0, 0.05) is 11.5 Å². The minimum Gasteiger partial charge on any atom is -0.475 e. The summed E-state index contributed by atoms with van der Waals surface area (Å²) in [6.45, 7) is 7.48. The smallest absolute Gasteiger partial charge is 0.375 e. The first-order chi connectivity index (χ1) is 9.61. The van der Waals surface area contributed by atoms with E-state index in [2.05, 4.69) is 26.0 Å². The zero-order valence-electron chi connectivity index (χ0n) is 12.1. The zero-order valence-corrected chi connectivity index (χ0v) is 13.7. The molecule has 1 N–H and O–H groups in total. The molecule has 0 amide bonds. The van der Waals surface area contributed by atoms with Crippen LogP contribution in [0.3, 0.4) is 0 Å². The lowest BCUT2D eigenvalue weighted by atomic mass is 9.95. The van der Waals surface area contributed by atoms with E-state index >= 15 is 0 Å². The zero-order chi connectivity index (χ0) is 15.9. The average molecular weight is 356 g/mol. The van der Waals surface area contributed by atoms with Gasteiger partial charge in [-0.05, 0) is 34.5 Å². The van der Waals surface area contributed by atoms with E-state index in [-0.39, 0.29) is 5.82 Å². The highest BCUT2D eigenvalue weighted by molar-refractivity contribution is 9.10. The Hall–Kier alpha value is -1.76. The van der Waals surface area contributed by atoms with Crippen LogP contribution in [-0.4, -0.2) is 25.8 Å². The van der Waals surface area contributed by atoms with Crippen molar-refractivity contribution in [3.05, 3.63) is 39.6 Å². The molecular weight excluding hydrogens is 341 g/mol. The highest BCUT2D eigenvalue weighted by atomic mass is 79.9. The second-order valence-corrected chi connectivity index (χ2v) is 6.63. The molecule has 0 unspecified atom stereocenters. The van der Waals surface area contributed by atoms with Crippen LogP contribution in [0.4, 0.5) is 4.39 Å². The lowest BCUT2D eigenvalue weighted by Crippen LogP contribution is -2.19. The number of aromatic nitrogens is 3. The monoisotopic (exact) mass is 355 g/mol. The number of carboxylic acid groups (broad SMARTS) is 1. The normalized spacial score (nSPS) is 11.7. The predicted octanol–water partition coefficient (Wildman–Crippen LogP) is 3.47. The van der Waals surface area contributed by atoms with E-state index in [1.807, 2.05) is 20.8 Å². The van der Waals surface area contributed by atoms with E-state index < -0.39 is 17.2 Å². The molecule has 0 radical (unpaired) electrons. The number of carboxylic acids is 1. The van der Waals surface area contributed by atoms with E-state index in [1.54, 1.807) is 13.0 Å². The molecule has 2 aromatic rings. The summed E-state index contributed by atoms with van der Waals surface area (Å²) in [5.74, 6) is -1.50. The third-order valence-electron chi connectivity index (χ3n) is 2.94. The number of carbonyl (C=O) groups is 1. The van der Waals surface area contributed by atoms with Gasteiger partial charge in [0.1, 0.15) is 11.6 Å². The molecule has 0 spiro atoms. The van der Waals surface area contributed by atoms with Crippen LogP contribution in [0.15, 0.2) is 16.6 Å². The first-order valence-electron chi connectivity index (χ1n) is 6.28. The van der Waals surface area contributed by atoms with Gasteiger partial charge in [0.15, 0.2) is 0 Å². The molecule has 0 aliphatic carbocycles. The van der Waals surface area contributed by atoms with Crippen LogP contribution in [0, 0.1) is 12.7 Å². The Bertz CT molecular complexity index is 720. The number of hydrogen-bond acceptors (Lipinski definition) is 3. The van der Waals surface area contributed by atoms with Crippen LogP contribution < -0.4 is 0 Å². The second kappa shape index (κ2) is 5.22. The molecule has 0 bridgehead atoms. The van der Waals surface area contributed by atoms with Crippen LogP contribution in [0.1, 0.15) is 42.8 Å². The molecular formula is C14H15BrFN3O2. The summed E-state index contributed by atoms with van der Waals surface area (Å²) in [6, 6.07) is 2.94. The van der Waals surface area contributed by atoms with Gasteiger partial charge in [0.05, 0.1) is 10.2 Å².